The molecule has 0 radical (unpaired) electrons. The number of pyridine rings is 1. The van der Waals surface area contributed by atoms with Crippen LogP contribution in [-0.2, 0) is 18.4 Å². The van der Waals surface area contributed by atoms with E-state index in [0.29, 0.717) is 18.8 Å². The van der Waals surface area contributed by atoms with Gasteiger partial charge in [-0.15, -0.1) is 0 Å². The minimum Gasteiger partial charge on any atom is -0.375 e. The second kappa shape index (κ2) is 10.3. The Labute approximate surface area is 215 Å². The van der Waals surface area contributed by atoms with E-state index in [1.54, 1.807) is 12.1 Å². The van der Waals surface area contributed by atoms with Crippen molar-refractivity contribution in [2.45, 2.75) is 19.4 Å². The molecule has 6 heteroatoms. The molecule has 2 aromatic heterocycles. The largest absolute Gasteiger partial charge is 0.375 e. The van der Waals surface area contributed by atoms with Crippen LogP contribution in [0.25, 0.3) is 34.3 Å². The molecule has 0 aliphatic carbocycles. The van der Waals surface area contributed by atoms with Crippen molar-refractivity contribution < 1.29 is 9.53 Å². The number of hydrogen-bond acceptors (Lipinski definition) is 4. The smallest absolute Gasteiger partial charge is 0.251 e. The number of benzene rings is 2. The molecule has 0 saturated carbocycles. The van der Waals surface area contributed by atoms with Gasteiger partial charge in [-0.25, -0.2) is 4.98 Å². The zero-order valence-electron chi connectivity index (χ0n) is 21.0. The molecule has 0 bridgehead atoms. The fourth-order valence-corrected chi connectivity index (χ4v) is 4.74. The molecule has 37 heavy (non-hydrogen) atoms. The Balaban J connectivity index is 1.37. The number of nitrogens with one attached hydrogen (secondary N) is 1. The lowest BCUT2D eigenvalue weighted by atomic mass is 9.92. The predicted octanol–water partition coefficient (Wildman–Crippen LogP) is 3.94. The van der Waals surface area contributed by atoms with Gasteiger partial charge in [0.2, 0.25) is 0 Å². The highest BCUT2D eigenvalue weighted by Gasteiger charge is 2.22. The number of ether oxygens (including phenoxy) is 1. The standard InChI is InChI=1S/C31H28N4O2/c1-4-21-10-11-28(25-6-5-7-30-26(25)12-13-35(30)3)34-29(21)14-20(2)17-33-31(36)22-8-9-23-18-37-19-24(16-32)27(23)15-22/h4-15,24H,2,17-19H2,1,3H3,(H,33,36)/b21-4-,29-14+. The first kappa shape index (κ1) is 24.2. The van der Waals surface area contributed by atoms with Gasteiger partial charge in [0.15, 0.2) is 0 Å². The normalized spacial score (nSPS) is 15.9. The summed E-state index contributed by atoms with van der Waals surface area (Å²) in [6, 6.07) is 20.1. The third-order valence-corrected chi connectivity index (χ3v) is 6.77. The maximum Gasteiger partial charge on any atom is 0.251 e. The number of amides is 1. The third kappa shape index (κ3) is 4.82. The number of nitrogens with zero attached hydrogens (tertiary/aromatic N) is 3. The van der Waals surface area contributed by atoms with Gasteiger partial charge in [0.1, 0.15) is 0 Å². The Morgan fingerprint density at radius 3 is 2.95 bits per heavy atom. The summed E-state index contributed by atoms with van der Waals surface area (Å²) in [6.07, 6.45) is 5.98. The third-order valence-electron chi connectivity index (χ3n) is 6.77. The molecule has 1 atom stereocenters. The van der Waals surface area contributed by atoms with E-state index in [4.69, 9.17) is 9.72 Å². The highest BCUT2D eigenvalue weighted by Crippen LogP contribution is 2.28. The zero-order valence-corrected chi connectivity index (χ0v) is 21.0. The van der Waals surface area contributed by atoms with Gasteiger partial charge in [-0.1, -0.05) is 36.9 Å². The lowest BCUT2D eigenvalue weighted by Gasteiger charge is -2.21. The van der Waals surface area contributed by atoms with Crippen molar-refractivity contribution in [3.05, 3.63) is 100 Å². The molecular formula is C31H28N4O2. The molecule has 1 unspecified atom stereocenters. The number of rotatable bonds is 5. The minimum atomic E-state index is -0.358. The molecule has 6 nitrogen and oxygen atoms in total. The Morgan fingerprint density at radius 2 is 2.14 bits per heavy atom. The summed E-state index contributed by atoms with van der Waals surface area (Å²) in [4.78, 5) is 17.8. The first-order valence-corrected chi connectivity index (χ1v) is 12.2. The van der Waals surface area contributed by atoms with Crippen LogP contribution in [0, 0.1) is 11.3 Å². The summed E-state index contributed by atoms with van der Waals surface area (Å²) in [6.45, 7) is 7.23. The van der Waals surface area contributed by atoms with Crippen LogP contribution in [0.5, 0.6) is 0 Å². The maximum atomic E-state index is 12.9. The summed E-state index contributed by atoms with van der Waals surface area (Å²) in [5, 5.41) is 15.3. The van der Waals surface area contributed by atoms with Crippen molar-refractivity contribution in [1.29, 1.82) is 5.26 Å². The number of hydrogen-bond donors (Lipinski definition) is 1. The lowest BCUT2D eigenvalue weighted by Crippen LogP contribution is -2.30. The predicted molar refractivity (Wildman–Crippen MR) is 146 cm³/mol. The quantitative estimate of drug-likeness (QED) is 0.461. The average Bonchev–Trinajstić information content (AvgIpc) is 3.31. The van der Waals surface area contributed by atoms with Crippen LogP contribution in [0.3, 0.4) is 0 Å². The van der Waals surface area contributed by atoms with Crippen molar-refractivity contribution in [2.24, 2.45) is 7.05 Å². The average molecular weight is 489 g/mol. The van der Waals surface area contributed by atoms with E-state index in [9.17, 15) is 10.1 Å². The Bertz CT molecular complexity index is 1690. The first-order chi connectivity index (χ1) is 18.0. The van der Waals surface area contributed by atoms with Crippen LogP contribution in [-0.4, -0.2) is 28.6 Å². The van der Waals surface area contributed by atoms with Gasteiger partial charge in [0, 0.05) is 41.8 Å². The molecule has 1 aliphatic heterocycles. The molecule has 0 spiro atoms. The molecular weight excluding hydrogens is 460 g/mol. The molecule has 2 aromatic carbocycles. The monoisotopic (exact) mass is 488 g/mol. The van der Waals surface area contributed by atoms with Crippen molar-refractivity contribution in [3.8, 4) is 17.3 Å². The van der Waals surface area contributed by atoms with E-state index < -0.39 is 0 Å². The summed E-state index contributed by atoms with van der Waals surface area (Å²) in [5.41, 5.74) is 6.18. The number of carbonyl (C=O) groups is 1. The molecule has 1 N–H and O–H groups in total. The minimum absolute atomic E-state index is 0.208. The molecule has 3 heterocycles. The molecule has 0 fully saturated rings. The number of aromatic nitrogens is 2. The van der Waals surface area contributed by atoms with Crippen LogP contribution in [0.4, 0.5) is 0 Å². The van der Waals surface area contributed by atoms with Gasteiger partial charge in [-0.2, -0.15) is 5.26 Å². The molecule has 5 rings (SSSR count). The number of aryl methyl sites for hydroxylation is 1. The molecule has 184 valence electrons. The van der Waals surface area contributed by atoms with Crippen molar-refractivity contribution in [2.75, 3.05) is 13.2 Å². The van der Waals surface area contributed by atoms with E-state index in [-0.39, 0.29) is 18.4 Å². The molecule has 4 aromatic rings. The van der Waals surface area contributed by atoms with Gasteiger partial charge in [-0.3, -0.25) is 4.79 Å². The van der Waals surface area contributed by atoms with Crippen LogP contribution in [0.2, 0.25) is 0 Å². The summed E-state index contributed by atoms with van der Waals surface area (Å²) >= 11 is 0. The molecule has 1 amide bonds. The molecule has 0 saturated heterocycles. The first-order valence-electron chi connectivity index (χ1n) is 12.2. The van der Waals surface area contributed by atoms with E-state index in [1.165, 1.54) is 0 Å². The van der Waals surface area contributed by atoms with Crippen LogP contribution >= 0.6 is 0 Å². The van der Waals surface area contributed by atoms with E-state index in [1.807, 2.05) is 44.3 Å². The fourth-order valence-electron chi connectivity index (χ4n) is 4.74. The zero-order chi connectivity index (χ0) is 25.9. The van der Waals surface area contributed by atoms with Crippen LogP contribution in [0.1, 0.15) is 34.3 Å². The van der Waals surface area contributed by atoms with Gasteiger partial charge in [0.25, 0.3) is 5.91 Å². The number of nitriles is 1. The van der Waals surface area contributed by atoms with E-state index >= 15 is 0 Å². The highest BCUT2D eigenvalue weighted by atomic mass is 16.5. The van der Waals surface area contributed by atoms with Gasteiger partial charge < -0.3 is 14.6 Å². The summed E-state index contributed by atoms with van der Waals surface area (Å²) < 4.78 is 7.56. The topological polar surface area (TPSA) is 79.9 Å². The summed E-state index contributed by atoms with van der Waals surface area (Å²) in [5.74, 6) is -0.566. The van der Waals surface area contributed by atoms with Gasteiger partial charge in [0.05, 0.1) is 36.2 Å². The SMILES string of the molecule is C=C(/C=c1/nc(-c2cccc3c2ccn3C)cc/c1=C/C)CNC(=O)c1ccc2c(c1)C(C#N)COC2. The summed E-state index contributed by atoms with van der Waals surface area (Å²) in [7, 11) is 2.03. The maximum absolute atomic E-state index is 12.9. The van der Waals surface area contributed by atoms with Gasteiger partial charge in [-0.05, 0) is 65.3 Å². The Kier molecular flexibility index (Phi) is 6.72. The second-order valence-corrected chi connectivity index (χ2v) is 9.22. The Hall–Kier alpha value is -4.47. The highest BCUT2D eigenvalue weighted by molar-refractivity contribution is 5.95. The van der Waals surface area contributed by atoms with Crippen LogP contribution in [0.15, 0.2) is 72.9 Å². The van der Waals surface area contributed by atoms with E-state index in [2.05, 4.69) is 53.0 Å². The van der Waals surface area contributed by atoms with Crippen molar-refractivity contribution in [3.63, 3.8) is 0 Å². The lowest BCUT2D eigenvalue weighted by molar-refractivity contribution is 0.0952. The second-order valence-electron chi connectivity index (χ2n) is 9.22. The molecule has 1 aliphatic rings. The Morgan fingerprint density at radius 1 is 1.27 bits per heavy atom. The van der Waals surface area contributed by atoms with Crippen LogP contribution < -0.4 is 15.9 Å². The van der Waals surface area contributed by atoms with Gasteiger partial charge >= 0.3 is 0 Å². The fraction of sp³-hybridized carbons (Fsp3) is 0.194. The van der Waals surface area contributed by atoms with Crippen molar-refractivity contribution >= 4 is 29.0 Å². The number of carbonyl (C=O) groups excluding carboxylic acids is 1. The van der Waals surface area contributed by atoms with Crippen molar-refractivity contribution in [1.82, 2.24) is 14.9 Å². The number of fused-ring (bicyclic) bond motifs is 2. The van der Waals surface area contributed by atoms with E-state index in [0.717, 1.165) is 49.4 Å².